The van der Waals surface area contributed by atoms with E-state index in [1.807, 2.05) is 57.2 Å². The van der Waals surface area contributed by atoms with Gasteiger partial charge in [0.2, 0.25) is 0 Å². The van der Waals surface area contributed by atoms with Crippen molar-refractivity contribution in [3.05, 3.63) is 70.0 Å². The number of hydrogen-bond donors (Lipinski definition) is 0. The van der Waals surface area contributed by atoms with E-state index in [2.05, 4.69) is 20.2 Å². The smallest absolute Gasteiger partial charge is 0.265 e. The van der Waals surface area contributed by atoms with Gasteiger partial charge in [-0.1, -0.05) is 18.2 Å². The predicted octanol–water partition coefficient (Wildman–Crippen LogP) is 2.29. The fraction of sp³-hybridized carbons (Fsp3) is 0.167. The summed E-state index contributed by atoms with van der Waals surface area (Å²) in [4.78, 5) is 21.8. The molecular formula is C18H16N6O. The van der Waals surface area contributed by atoms with Crippen LogP contribution < -0.4 is 5.56 Å². The van der Waals surface area contributed by atoms with Crippen molar-refractivity contribution in [3.63, 3.8) is 0 Å². The number of para-hydroxylation sites is 1. The van der Waals surface area contributed by atoms with E-state index >= 15 is 0 Å². The first-order chi connectivity index (χ1) is 12.0. The number of benzene rings is 1. The van der Waals surface area contributed by atoms with Crippen LogP contribution in [0.15, 0.2) is 47.4 Å². The lowest BCUT2D eigenvalue weighted by Crippen LogP contribution is -2.26. The number of hydrogen-bond acceptors (Lipinski definition) is 5. The van der Waals surface area contributed by atoms with Gasteiger partial charge in [0.25, 0.3) is 5.95 Å². The molecule has 4 rings (SSSR count). The second-order valence-corrected chi connectivity index (χ2v) is 5.91. The minimum atomic E-state index is -0.299. The summed E-state index contributed by atoms with van der Waals surface area (Å²) in [5, 5.41) is 9.48. The summed E-state index contributed by atoms with van der Waals surface area (Å²) in [7, 11) is 0. The van der Waals surface area contributed by atoms with Gasteiger partial charge in [-0.2, -0.15) is 14.9 Å². The Morgan fingerprint density at radius 3 is 2.28 bits per heavy atom. The Kier molecular flexibility index (Phi) is 3.42. The van der Waals surface area contributed by atoms with Crippen molar-refractivity contribution in [2.24, 2.45) is 0 Å². The minimum Gasteiger partial charge on any atom is -0.265 e. The predicted molar refractivity (Wildman–Crippen MR) is 94.3 cm³/mol. The van der Waals surface area contributed by atoms with Crippen LogP contribution in [0.3, 0.4) is 0 Å². The first kappa shape index (κ1) is 15.2. The highest BCUT2D eigenvalue weighted by Crippen LogP contribution is 2.17. The molecule has 3 heterocycles. The standard InChI is InChI=1S/C18H16N6O/c1-11-9-12(2)21-18(20-11)24-17(25)16-15(13(3)22-24)10-19-23(16)14-7-5-4-6-8-14/h4-10H,1-3H3. The van der Waals surface area contributed by atoms with Crippen molar-refractivity contribution in [3.8, 4) is 11.6 Å². The molecule has 0 radical (unpaired) electrons. The molecule has 0 bridgehead atoms. The molecule has 0 saturated carbocycles. The SMILES string of the molecule is Cc1cc(C)nc(-n2nc(C)c3cnn(-c4ccccc4)c3c2=O)n1. The topological polar surface area (TPSA) is 78.5 Å². The Labute approximate surface area is 143 Å². The molecule has 25 heavy (non-hydrogen) atoms. The molecular weight excluding hydrogens is 316 g/mol. The van der Waals surface area contributed by atoms with Crippen molar-refractivity contribution in [2.45, 2.75) is 20.8 Å². The van der Waals surface area contributed by atoms with Crippen LogP contribution in [0, 0.1) is 20.8 Å². The second kappa shape index (κ2) is 5.62. The van der Waals surface area contributed by atoms with E-state index < -0.39 is 0 Å². The maximum atomic E-state index is 13.1. The summed E-state index contributed by atoms with van der Waals surface area (Å²) in [6.45, 7) is 5.57. The highest BCUT2D eigenvalue weighted by Gasteiger charge is 2.17. The van der Waals surface area contributed by atoms with Gasteiger partial charge in [0.05, 0.1) is 17.6 Å². The van der Waals surface area contributed by atoms with Gasteiger partial charge in [0.1, 0.15) is 5.52 Å². The zero-order valence-electron chi connectivity index (χ0n) is 14.1. The third-order valence-electron chi connectivity index (χ3n) is 3.96. The Morgan fingerprint density at radius 2 is 1.60 bits per heavy atom. The Hall–Kier alpha value is -3.35. The molecule has 0 aliphatic heterocycles. The maximum absolute atomic E-state index is 13.1. The van der Waals surface area contributed by atoms with Crippen LogP contribution in [-0.2, 0) is 0 Å². The molecule has 7 nitrogen and oxygen atoms in total. The molecule has 0 fully saturated rings. The summed E-state index contributed by atoms with van der Waals surface area (Å²) in [5.41, 5.74) is 3.23. The second-order valence-electron chi connectivity index (χ2n) is 5.91. The lowest BCUT2D eigenvalue weighted by atomic mass is 10.2. The summed E-state index contributed by atoms with van der Waals surface area (Å²) in [6.07, 6.45) is 1.67. The number of aryl methyl sites for hydroxylation is 3. The van der Waals surface area contributed by atoms with Gasteiger partial charge < -0.3 is 0 Å². The van der Waals surface area contributed by atoms with E-state index in [0.29, 0.717) is 11.2 Å². The summed E-state index contributed by atoms with van der Waals surface area (Å²) >= 11 is 0. The average molecular weight is 332 g/mol. The molecule has 4 aromatic rings. The Balaban J connectivity index is 2.05. The largest absolute Gasteiger partial charge is 0.300 e. The van der Waals surface area contributed by atoms with Gasteiger partial charge in [-0.3, -0.25) is 4.79 Å². The van der Waals surface area contributed by atoms with E-state index in [9.17, 15) is 4.79 Å². The Bertz CT molecular complexity index is 1120. The number of fused-ring (bicyclic) bond motifs is 1. The Morgan fingerprint density at radius 1 is 0.920 bits per heavy atom. The van der Waals surface area contributed by atoms with Crippen LogP contribution >= 0.6 is 0 Å². The highest BCUT2D eigenvalue weighted by atomic mass is 16.1. The first-order valence-corrected chi connectivity index (χ1v) is 7.90. The molecule has 0 N–H and O–H groups in total. The molecule has 124 valence electrons. The van der Waals surface area contributed by atoms with Crippen molar-refractivity contribution >= 4 is 10.9 Å². The lowest BCUT2D eigenvalue weighted by molar-refractivity contribution is 0.734. The summed E-state index contributed by atoms with van der Waals surface area (Å²) in [6, 6.07) is 11.4. The van der Waals surface area contributed by atoms with Gasteiger partial charge in [0.15, 0.2) is 0 Å². The molecule has 7 heteroatoms. The fourth-order valence-corrected chi connectivity index (χ4v) is 2.87. The van der Waals surface area contributed by atoms with E-state index in [4.69, 9.17) is 0 Å². The molecule has 0 amide bonds. The first-order valence-electron chi connectivity index (χ1n) is 7.90. The van der Waals surface area contributed by atoms with E-state index in [1.54, 1.807) is 10.9 Å². The normalized spacial score (nSPS) is 11.2. The number of aromatic nitrogens is 6. The molecule has 0 saturated heterocycles. The average Bonchev–Trinajstić information content (AvgIpc) is 3.04. The van der Waals surface area contributed by atoms with Gasteiger partial charge in [0, 0.05) is 16.8 Å². The third kappa shape index (κ3) is 2.50. The van der Waals surface area contributed by atoms with Gasteiger partial charge in [-0.25, -0.2) is 14.6 Å². The lowest BCUT2D eigenvalue weighted by Gasteiger charge is -2.08. The molecule has 3 aromatic heterocycles. The zero-order valence-corrected chi connectivity index (χ0v) is 14.1. The van der Waals surface area contributed by atoms with Crippen molar-refractivity contribution in [1.29, 1.82) is 0 Å². The van der Waals surface area contributed by atoms with Crippen LogP contribution in [0.25, 0.3) is 22.5 Å². The van der Waals surface area contributed by atoms with Gasteiger partial charge in [-0.05, 0) is 39.0 Å². The van der Waals surface area contributed by atoms with Crippen molar-refractivity contribution < 1.29 is 0 Å². The minimum absolute atomic E-state index is 0.272. The molecule has 0 atom stereocenters. The van der Waals surface area contributed by atoms with Gasteiger partial charge >= 0.3 is 5.56 Å². The maximum Gasteiger partial charge on any atom is 0.300 e. The van der Waals surface area contributed by atoms with Gasteiger partial charge in [-0.15, -0.1) is 0 Å². The van der Waals surface area contributed by atoms with Crippen LogP contribution in [0.2, 0.25) is 0 Å². The summed E-state index contributed by atoms with van der Waals surface area (Å²) < 4.78 is 2.88. The van der Waals surface area contributed by atoms with Crippen molar-refractivity contribution in [2.75, 3.05) is 0 Å². The number of rotatable bonds is 2. The van der Waals surface area contributed by atoms with Crippen LogP contribution in [0.1, 0.15) is 17.1 Å². The van der Waals surface area contributed by atoms with Crippen LogP contribution in [0.5, 0.6) is 0 Å². The monoisotopic (exact) mass is 332 g/mol. The molecule has 0 aliphatic rings. The fourth-order valence-electron chi connectivity index (χ4n) is 2.87. The highest BCUT2D eigenvalue weighted by molar-refractivity contribution is 5.81. The van der Waals surface area contributed by atoms with Crippen LogP contribution in [-0.4, -0.2) is 29.5 Å². The molecule has 0 unspecified atom stereocenters. The molecule has 0 spiro atoms. The van der Waals surface area contributed by atoms with E-state index in [0.717, 1.165) is 22.5 Å². The molecule has 0 aliphatic carbocycles. The zero-order chi connectivity index (χ0) is 17.6. The third-order valence-corrected chi connectivity index (χ3v) is 3.96. The molecule has 1 aromatic carbocycles. The van der Waals surface area contributed by atoms with Crippen molar-refractivity contribution in [1.82, 2.24) is 29.5 Å². The van der Waals surface area contributed by atoms with E-state index in [1.165, 1.54) is 4.68 Å². The van der Waals surface area contributed by atoms with Crippen LogP contribution in [0.4, 0.5) is 0 Å². The summed E-state index contributed by atoms with van der Waals surface area (Å²) in [5.74, 6) is 0.272. The quantitative estimate of drug-likeness (QED) is 0.563. The number of nitrogens with zero attached hydrogens (tertiary/aromatic N) is 6. The van der Waals surface area contributed by atoms with E-state index in [-0.39, 0.29) is 11.5 Å².